The molecule has 0 aliphatic heterocycles. The molecule has 31 heavy (non-hydrogen) atoms. The summed E-state index contributed by atoms with van der Waals surface area (Å²) >= 11 is 0. The molecule has 0 aliphatic rings. The van der Waals surface area contributed by atoms with Crippen LogP contribution in [0.15, 0.2) is 102 Å². The quantitative estimate of drug-likeness (QED) is 0.281. The Balaban J connectivity index is 1.60. The van der Waals surface area contributed by atoms with Crippen LogP contribution < -0.4 is 4.57 Å². The van der Waals surface area contributed by atoms with Crippen LogP contribution in [0.2, 0.25) is 0 Å². The fourth-order valence-corrected chi connectivity index (χ4v) is 4.67. The summed E-state index contributed by atoms with van der Waals surface area (Å²) in [5.41, 5.74) is 7.87. The molecule has 0 bridgehead atoms. The SMILES string of the molecule is Cc1c(-c2cc(-c3ccccc3)cc[n+]2C)ccc2c1oc1ccc3ccccc3c12. The topological polar surface area (TPSA) is 17.0 Å². The van der Waals surface area contributed by atoms with Crippen LogP contribution in [0.25, 0.3) is 55.1 Å². The summed E-state index contributed by atoms with van der Waals surface area (Å²) in [4.78, 5) is 0. The van der Waals surface area contributed by atoms with E-state index in [-0.39, 0.29) is 0 Å². The highest BCUT2D eigenvalue weighted by atomic mass is 16.3. The highest BCUT2D eigenvalue weighted by molar-refractivity contribution is 6.19. The molecule has 0 saturated carbocycles. The molecule has 0 amide bonds. The van der Waals surface area contributed by atoms with Crippen LogP contribution in [-0.2, 0) is 7.05 Å². The lowest BCUT2D eigenvalue weighted by Gasteiger charge is -2.08. The third-order valence-electron chi connectivity index (χ3n) is 6.31. The number of benzene rings is 4. The molecule has 0 atom stereocenters. The van der Waals surface area contributed by atoms with Crippen molar-refractivity contribution >= 4 is 32.7 Å². The van der Waals surface area contributed by atoms with Gasteiger partial charge in [0.25, 0.3) is 0 Å². The largest absolute Gasteiger partial charge is 0.456 e. The first-order valence-electron chi connectivity index (χ1n) is 10.6. The van der Waals surface area contributed by atoms with Gasteiger partial charge in [-0.15, -0.1) is 0 Å². The van der Waals surface area contributed by atoms with Gasteiger partial charge in [0.1, 0.15) is 18.2 Å². The average molecular weight is 401 g/mol. The van der Waals surface area contributed by atoms with Gasteiger partial charge in [0.05, 0.1) is 5.56 Å². The fourth-order valence-electron chi connectivity index (χ4n) is 4.67. The first-order valence-corrected chi connectivity index (χ1v) is 10.6. The highest BCUT2D eigenvalue weighted by Crippen LogP contribution is 2.38. The van der Waals surface area contributed by atoms with Crippen LogP contribution >= 0.6 is 0 Å². The molecule has 6 aromatic rings. The monoisotopic (exact) mass is 400 g/mol. The molecule has 0 radical (unpaired) electrons. The summed E-state index contributed by atoms with van der Waals surface area (Å²) in [6, 6.07) is 32.1. The summed E-state index contributed by atoms with van der Waals surface area (Å²) in [6.45, 7) is 2.16. The number of furan rings is 1. The van der Waals surface area contributed by atoms with Crippen LogP contribution in [0.5, 0.6) is 0 Å². The molecular weight excluding hydrogens is 378 g/mol. The second kappa shape index (κ2) is 6.82. The van der Waals surface area contributed by atoms with Gasteiger partial charge in [0, 0.05) is 28.5 Å². The van der Waals surface area contributed by atoms with Gasteiger partial charge >= 0.3 is 0 Å². The van der Waals surface area contributed by atoms with Gasteiger partial charge in [0.2, 0.25) is 5.69 Å². The lowest BCUT2D eigenvalue weighted by atomic mass is 9.97. The van der Waals surface area contributed by atoms with Crippen molar-refractivity contribution in [3.8, 4) is 22.4 Å². The number of rotatable bonds is 2. The smallest absolute Gasteiger partial charge is 0.213 e. The van der Waals surface area contributed by atoms with Gasteiger partial charge in [0.15, 0.2) is 6.20 Å². The average Bonchev–Trinajstić information content (AvgIpc) is 3.21. The van der Waals surface area contributed by atoms with Crippen LogP contribution in [0, 0.1) is 6.92 Å². The van der Waals surface area contributed by atoms with E-state index in [0.29, 0.717) is 0 Å². The van der Waals surface area contributed by atoms with E-state index in [1.165, 1.54) is 49.5 Å². The van der Waals surface area contributed by atoms with Crippen molar-refractivity contribution in [3.05, 3.63) is 103 Å². The summed E-state index contributed by atoms with van der Waals surface area (Å²) in [5, 5.41) is 4.85. The van der Waals surface area contributed by atoms with E-state index in [1.54, 1.807) is 0 Å². The maximum Gasteiger partial charge on any atom is 0.213 e. The van der Waals surface area contributed by atoms with Gasteiger partial charge in [-0.3, -0.25) is 0 Å². The molecule has 0 fully saturated rings. The number of fused-ring (bicyclic) bond motifs is 5. The molecule has 6 rings (SSSR count). The molecule has 0 aliphatic carbocycles. The summed E-state index contributed by atoms with van der Waals surface area (Å²) < 4.78 is 8.58. The molecule has 4 aromatic carbocycles. The number of pyridine rings is 1. The maximum absolute atomic E-state index is 6.40. The van der Waals surface area contributed by atoms with Gasteiger partial charge in [-0.05, 0) is 47.0 Å². The minimum Gasteiger partial charge on any atom is -0.456 e. The number of aryl methyl sites for hydroxylation is 2. The van der Waals surface area contributed by atoms with Crippen molar-refractivity contribution < 1.29 is 8.98 Å². The summed E-state index contributed by atoms with van der Waals surface area (Å²) in [7, 11) is 2.10. The number of nitrogens with zero attached hydrogens (tertiary/aromatic N) is 1. The number of hydrogen-bond acceptors (Lipinski definition) is 1. The summed E-state index contributed by atoms with van der Waals surface area (Å²) in [5.74, 6) is 0. The van der Waals surface area contributed by atoms with E-state index in [1.807, 2.05) is 0 Å². The van der Waals surface area contributed by atoms with E-state index in [4.69, 9.17) is 4.42 Å². The predicted octanol–water partition coefficient (Wildman–Crippen LogP) is 7.21. The molecule has 0 N–H and O–H groups in total. The molecule has 2 heterocycles. The van der Waals surface area contributed by atoms with Gasteiger partial charge in [-0.25, -0.2) is 4.57 Å². The predicted molar refractivity (Wildman–Crippen MR) is 128 cm³/mol. The summed E-state index contributed by atoms with van der Waals surface area (Å²) in [6.07, 6.45) is 2.13. The van der Waals surface area contributed by atoms with E-state index < -0.39 is 0 Å². The first-order chi connectivity index (χ1) is 15.2. The van der Waals surface area contributed by atoms with Crippen LogP contribution in [0.3, 0.4) is 0 Å². The minimum atomic E-state index is 0.941. The standard InChI is InChI=1S/C29H22NO/c1-19-23(26-18-22(16-17-30(26)2)20-8-4-3-5-9-20)13-14-25-28-24-11-7-6-10-21(24)12-15-27(28)31-29(19)25/h3-18H,1-2H3/q+1. The molecule has 2 heteroatoms. The Morgan fingerprint density at radius 2 is 1.52 bits per heavy atom. The minimum absolute atomic E-state index is 0.941. The zero-order chi connectivity index (χ0) is 20.9. The molecule has 0 unspecified atom stereocenters. The lowest BCUT2D eigenvalue weighted by molar-refractivity contribution is -0.660. The van der Waals surface area contributed by atoms with E-state index in [2.05, 4.69) is 116 Å². The van der Waals surface area contributed by atoms with Crippen LogP contribution in [0.1, 0.15) is 5.56 Å². The van der Waals surface area contributed by atoms with Gasteiger partial charge in [-0.2, -0.15) is 0 Å². The Kier molecular flexibility index (Phi) is 3.94. The van der Waals surface area contributed by atoms with Crippen molar-refractivity contribution in [3.63, 3.8) is 0 Å². The van der Waals surface area contributed by atoms with E-state index >= 15 is 0 Å². The molecule has 2 aromatic heterocycles. The van der Waals surface area contributed by atoms with Crippen molar-refractivity contribution in [1.82, 2.24) is 0 Å². The maximum atomic E-state index is 6.40. The Labute approximate surface area is 181 Å². The zero-order valence-corrected chi connectivity index (χ0v) is 17.6. The first kappa shape index (κ1) is 17.9. The van der Waals surface area contributed by atoms with Crippen molar-refractivity contribution in [1.29, 1.82) is 0 Å². The Morgan fingerprint density at radius 1 is 0.710 bits per heavy atom. The third-order valence-corrected chi connectivity index (χ3v) is 6.31. The van der Waals surface area contributed by atoms with E-state index in [9.17, 15) is 0 Å². The van der Waals surface area contributed by atoms with Crippen molar-refractivity contribution in [2.45, 2.75) is 6.92 Å². The second-order valence-electron chi connectivity index (χ2n) is 8.15. The van der Waals surface area contributed by atoms with Crippen LogP contribution in [0.4, 0.5) is 0 Å². The molecular formula is C29H22NO+. The molecule has 2 nitrogen and oxygen atoms in total. The second-order valence-corrected chi connectivity index (χ2v) is 8.15. The van der Waals surface area contributed by atoms with Crippen LogP contribution in [-0.4, -0.2) is 0 Å². The van der Waals surface area contributed by atoms with Gasteiger partial charge in [-0.1, -0.05) is 60.7 Å². The van der Waals surface area contributed by atoms with Crippen molar-refractivity contribution in [2.75, 3.05) is 0 Å². The lowest BCUT2D eigenvalue weighted by Crippen LogP contribution is -2.30. The third kappa shape index (κ3) is 2.76. The molecule has 0 saturated heterocycles. The Bertz CT molecular complexity index is 1590. The number of hydrogen-bond donors (Lipinski definition) is 0. The Hall–Kier alpha value is -3.91. The van der Waals surface area contributed by atoms with E-state index in [0.717, 1.165) is 11.2 Å². The molecule has 0 spiro atoms. The zero-order valence-electron chi connectivity index (χ0n) is 17.6. The number of aromatic nitrogens is 1. The normalized spacial score (nSPS) is 11.5. The van der Waals surface area contributed by atoms with Gasteiger partial charge < -0.3 is 4.42 Å². The molecule has 148 valence electrons. The fraction of sp³-hybridized carbons (Fsp3) is 0.0690. The Morgan fingerprint density at radius 3 is 2.39 bits per heavy atom. The highest BCUT2D eigenvalue weighted by Gasteiger charge is 2.19. The van der Waals surface area contributed by atoms with Crippen molar-refractivity contribution in [2.24, 2.45) is 7.05 Å².